The van der Waals surface area contributed by atoms with Gasteiger partial charge in [-0.15, -0.1) is 0 Å². The molecule has 17 heavy (non-hydrogen) atoms. The van der Waals surface area contributed by atoms with E-state index in [1.54, 1.807) is 0 Å². The standard InChI is InChI=1S/C11H9FN2O3/c12-8-1-2-9(7(3-8)6-15)14-4-10(16)13-11(17)5-14/h1-3,6H,4-5H2,(H,13,16,17). The van der Waals surface area contributed by atoms with Crippen LogP contribution in [0.25, 0.3) is 0 Å². The number of aldehydes is 1. The third-order valence-corrected chi connectivity index (χ3v) is 2.41. The molecule has 0 spiro atoms. The molecule has 6 heteroatoms. The summed E-state index contributed by atoms with van der Waals surface area (Å²) in [7, 11) is 0. The van der Waals surface area contributed by atoms with Crippen LogP contribution in [-0.4, -0.2) is 31.2 Å². The topological polar surface area (TPSA) is 66.5 Å². The van der Waals surface area contributed by atoms with E-state index in [1.807, 2.05) is 0 Å². The summed E-state index contributed by atoms with van der Waals surface area (Å²) >= 11 is 0. The van der Waals surface area contributed by atoms with Crippen molar-refractivity contribution in [1.29, 1.82) is 0 Å². The molecule has 1 aliphatic rings. The average molecular weight is 236 g/mol. The van der Waals surface area contributed by atoms with Crippen LogP contribution in [-0.2, 0) is 9.59 Å². The molecule has 0 aromatic heterocycles. The quantitative estimate of drug-likeness (QED) is 0.584. The molecule has 5 nitrogen and oxygen atoms in total. The zero-order valence-corrected chi connectivity index (χ0v) is 8.77. The molecule has 1 fully saturated rings. The summed E-state index contributed by atoms with van der Waals surface area (Å²) in [4.78, 5) is 34.6. The smallest absolute Gasteiger partial charge is 0.246 e. The summed E-state index contributed by atoms with van der Waals surface area (Å²) in [6.45, 7) is -0.0591. The lowest BCUT2D eigenvalue weighted by atomic mass is 10.1. The van der Waals surface area contributed by atoms with Gasteiger partial charge in [-0.05, 0) is 18.2 Å². The van der Waals surface area contributed by atoms with Gasteiger partial charge in [0.05, 0.1) is 13.1 Å². The Morgan fingerprint density at radius 3 is 2.47 bits per heavy atom. The third-order valence-electron chi connectivity index (χ3n) is 2.41. The van der Waals surface area contributed by atoms with Crippen molar-refractivity contribution in [2.24, 2.45) is 0 Å². The third kappa shape index (κ3) is 2.30. The normalized spacial score (nSPS) is 15.7. The average Bonchev–Trinajstić information content (AvgIpc) is 2.27. The van der Waals surface area contributed by atoms with Gasteiger partial charge in [0.15, 0.2) is 6.29 Å². The fraction of sp³-hybridized carbons (Fsp3) is 0.182. The van der Waals surface area contributed by atoms with Crippen molar-refractivity contribution >= 4 is 23.8 Å². The van der Waals surface area contributed by atoms with E-state index in [0.717, 1.165) is 6.07 Å². The molecule has 2 amide bonds. The molecular formula is C11H9FN2O3. The maximum absolute atomic E-state index is 12.9. The Kier molecular flexibility index (Phi) is 2.86. The molecule has 1 N–H and O–H groups in total. The van der Waals surface area contributed by atoms with Crippen LogP contribution in [0.1, 0.15) is 10.4 Å². The maximum atomic E-state index is 12.9. The summed E-state index contributed by atoms with van der Waals surface area (Å²) in [6.07, 6.45) is 0.495. The van der Waals surface area contributed by atoms with E-state index in [0.29, 0.717) is 12.0 Å². The van der Waals surface area contributed by atoms with Gasteiger partial charge in [0, 0.05) is 11.3 Å². The molecule has 0 bridgehead atoms. The first-order chi connectivity index (χ1) is 8.10. The molecule has 1 aromatic carbocycles. The van der Waals surface area contributed by atoms with Crippen LogP contribution in [0.4, 0.5) is 10.1 Å². The van der Waals surface area contributed by atoms with Crippen molar-refractivity contribution in [3.8, 4) is 0 Å². The number of imide groups is 1. The fourth-order valence-electron chi connectivity index (χ4n) is 1.72. The van der Waals surface area contributed by atoms with Crippen LogP contribution in [0.15, 0.2) is 18.2 Å². The van der Waals surface area contributed by atoms with E-state index < -0.39 is 17.6 Å². The molecule has 0 aliphatic carbocycles. The highest BCUT2D eigenvalue weighted by Gasteiger charge is 2.24. The van der Waals surface area contributed by atoms with Crippen molar-refractivity contribution in [2.45, 2.75) is 0 Å². The summed E-state index contributed by atoms with van der Waals surface area (Å²) in [6, 6.07) is 3.63. The SMILES string of the molecule is O=Cc1cc(F)ccc1N1CC(=O)NC(=O)C1. The first kappa shape index (κ1) is 11.3. The van der Waals surface area contributed by atoms with Crippen LogP contribution in [0.3, 0.4) is 0 Å². The summed E-state index contributed by atoms with van der Waals surface area (Å²) < 4.78 is 12.9. The highest BCUT2D eigenvalue weighted by atomic mass is 19.1. The molecule has 2 rings (SSSR count). The molecular weight excluding hydrogens is 227 g/mol. The lowest BCUT2D eigenvalue weighted by Gasteiger charge is -2.28. The zero-order chi connectivity index (χ0) is 12.4. The molecule has 0 radical (unpaired) electrons. The van der Waals surface area contributed by atoms with E-state index in [4.69, 9.17) is 0 Å². The predicted molar refractivity (Wildman–Crippen MR) is 57.2 cm³/mol. The van der Waals surface area contributed by atoms with Crippen LogP contribution in [0, 0.1) is 5.82 Å². The van der Waals surface area contributed by atoms with Crippen LogP contribution in [0.5, 0.6) is 0 Å². The highest BCUT2D eigenvalue weighted by molar-refractivity contribution is 6.03. The Morgan fingerprint density at radius 2 is 1.88 bits per heavy atom. The number of nitrogens with one attached hydrogen (secondary N) is 1. The van der Waals surface area contributed by atoms with Gasteiger partial charge in [0.1, 0.15) is 5.82 Å². The lowest BCUT2D eigenvalue weighted by Crippen LogP contribution is -2.51. The molecule has 1 heterocycles. The zero-order valence-electron chi connectivity index (χ0n) is 8.77. The molecule has 1 aromatic rings. The van der Waals surface area contributed by atoms with Gasteiger partial charge in [-0.1, -0.05) is 0 Å². The second kappa shape index (κ2) is 4.32. The molecule has 0 atom stereocenters. The van der Waals surface area contributed by atoms with Gasteiger partial charge >= 0.3 is 0 Å². The van der Waals surface area contributed by atoms with Crippen LogP contribution < -0.4 is 10.2 Å². The second-order valence-electron chi connectivity index (χ2n) is 3.65. The van der Waals surface area contributed by atoms with Gasteiger partial charge < -0.3 is 4.90 Å². The fourth-order valence-corrected chi connectivity index (χ4v) is 1.72. The number of anilines is 1. The first-order valence-electron chi connectivity index (χ1n) is 4.92. The molecule has 88 valence electrons. The van der Waals surface area contributed by atoms with Gasteiger partial charge in [-0.25, -0.2) is 4.39 Å². The monoisotopic (exact) mass is 236 g/mol. The number of carbonyl (C=O) groups is 3. The second-order valence-corrected chi connectivity index (χ2v) is 3.65. The van der Waals surface area contributed by atoms with E-state index in [9.17, 15) is 18.8 Å². The van der Waals surface area contributed by atoms with Crippen molar-refractivity contribution in [1.82, 2.24) is 5.32 Å². The van der Waals surface area contributed by atoms with E-state index in [-0.39, 0.29) is 18.7 Å². The number of rotatable bonds is 2. The van der Waals surface area contributed by atoms with E-state index in [1.165, 1.54) is 17.0 Å². The number of piperazine rings is 1. The molecule has 0 unspecified atom stereocenters. The van der Waals surface area contributed by atoms with Gasteiger partial charge in [0.2, 0.25) is 11.8 Å². The number of carbonyl (C=O) groups excluding carboxylic acids is 3. The lowest BCUT2D eigenvalue weighted by molar-refractivity contribution is -0.130. The number of amides is 2. The minimum Gasteiger partial charge on any atom is -0.352 e. The Bertz CT molecular complexity index is 485. The van der Waals surface area contributed by atoms with Crippen LogP contribution >= 0.6 is 0 Å². The Balaban J connectivity index is 2.36. The molecule has 0 saturated carbocycles. The number of halogens is 1. The van der Waals surface area contributed by atoms with Gasteiger partial charge in [-0.2, -0.15) is 0 Å². The summed E-state index contributed by atoms with van der Waals surface area (Å²) in [5.41, 5.74) is 0.497. The van der Waals surface area contributed by atoms with Gasteiger partial charge in [-0.3, -0.25) is 19.7 Å². The largest absolute Gasteiger partial charge is 0.352 e. The molecule has 1 aliphatic heterocycles. The summed E-state index contributed by atoms with van der Waals surface area (Å²) in [5, 5.41) is 2.15. The van der Waals surface area contributed by atoms with Crippen molar-refractivity contribution < 1.29 is 18.8 Å². The minimum atomic E-state index is -0.538. The number of benzene rings is 1. The van der Waals surface area contributed by atoms with Crippen LogP contribution in [0.2, 0.25) is 0 Å². The van der Waals surface area contributed by atoms with E-state index >= 15 is 0 Å². The number of nitrogens with zero attached hydrogens (tertiary/aromatic N) is 1. The Hall–Kier alpha value is -2.24. The molecule has 1 saturated heterocycles. The number of hydrogen-bond donors (Lipinski definition) is 1. The van der Waals surface area contributed by atoms with E-state index in [2.05, 4.69) is 5.32 Å². The first-order valence-corrected chi connectivity index (χ1v) is 4.92. The number of hydrogen-bond acceptors (Lipinski definition) is 4. The minimum absolute atomic E-state index is 0.0296. The van der Waals surface area contributed by atoms with Crippen molar-refractivity contribution in [2.75, 3.05) is 18.0 Å². The summed E-state index contributed by atoms with van der Waals surface area (Å²) in [5.74, 6) is -1.42. The van der Waals surface area contributed by atoms with Crippen molar-refractivity contribution in [3.05, 3.63) is 29.6 Å². The Morgan fingerprint density at radius 1 is 1.24 bits per heavy atom. The maximum Gasteiger partial charge on any atom is 0.246 e. The van der Waals surface area contributed by atoms with Crippen molar-refractivity contribution in [3.63, 3.8) is 0 Å². The Labute approximate surface area is 96.2 Å². The predicted octanol–water partition coefficient (Wildman–Crippen LogP) is 0.101. The highest BCUT2D eigenvalue weighted by Crippen LogP contribution is 2.20. The van der Waals surface area contributed by atoms with Gasteiger partial charge in [0.25, 0.3) is 0 Å².